The van der Waals surface area contributed by atoms with Crippen LogP contribution in [0, 0.1) is 6.92 Å². The van der Waals surface area contributed by atoms with Crippen LogP contribution in [-0.4, -0.2) is 42.1 Å². The molecular formula is C17H21NO4S. The van der Waals surface area contributed by atoms with Crippen LogP contribution in [0.25, 0.3) is 0 Å². The van der Waals surface area contributed by atoms with Crippen LogP contribution in [-0.2, 0) is 22.9 Å². The van der Waals surface area contributed by atoms with Gasteiger partial charge in [0.05, 0.1) is 36.5 Å². The molecule has 1 N–H and O–H groups in total. The number of aliphatic hydroxyl groups excluding tert-OH is 1. The van der Waals surface area contributed by atoms with E-state index < -0.39 is 22.0 Å². The fourth-order valence-corrected chi connectivity index (χ4v) is 4.89. The molecule has 2 heterocycles. The van der Waals surface area contributed by atoms with Crippen molar-refractivity contribution in [2.45, 2.75) is 32.2 Å². The first-order valence-corrected chi connectivity index (χ1v) is 9.46. The first-order valence-electron chi connectivity index (χ1n) is 7.64. The molecule has 2 aromatic rings. The van der Waals surface area contributed by atoms with E-state index in [2.05, 4.69) is 0 Å². The highest BCUT2D eigenvalue weighted by Gasteiger charge is 2.40. The van der Waals surface area contributed by atoms with Gasteiger partial charge in [0.2, 0.25) is 0 Å². The van der Waals surface area contributed by atoms with E-state index in [0.29, 0.717) is 13.1 Å². The Kier molecular flexibility index (Phi) is 4.57. The van der Waals surface area contributed by atoms with Gasteiger partial charge in [0, 0.05) is 6.54 Å². The Morgan fingerprint density at radius 2 is 1.96 bits per heavy atom. The molecule has 2 atom stereocenters. The maximum Gasteiger partial charge on any atom is 0.154 e. The van der Waals surface area contributed by atoms with Gasteiger partial charge < -0.3 is 9.52 Å². The van der Waals surface area contributed by atoms with Gasteiger partial charge in [0.1, 0.15) is 5.76 Å². The zero-order valence-electron chi connectivity index (χ0n) is 13.1. The number of sulfone groups is 1. The van der Waals surface area contributed by atoms with Crippen LogP contribution >= 0.6 is 0 Å². The molecule has 2 unspecified atom stereocenters. The first kappa shape index (κ1) is 16.2. The molecule has 1 fully saturated rings. The summed E-state index contributed by atoms with van der Waals surface area (Å²) in [5.74, 6) is 0.580. The van der Waals surface area contributed by atoms with Crippen LogP contribution in [0.4, 0.5) is 0 Å². The summed E-state index contributed by atoms with van der Waals surface area (Å²) < 4.78 is 29.1. The van der Waals surface area contributed by atoms with Crippen LogP contribution < -0.4 is 0 Å². The number of aliphatic hydroxyl groups is 1. The molecule has 1 aliphatic rings. The van der Waals surface area contributed by atoms with Crippen LogP contribution in [0.1, 0.15) is 16.9 Å². The molecule has 0 saturated carbocycles. The summed E-state index contributed by atoms with van der Waals surface area (Å²) in [6, 6.07) is 11.3. The molecule has 6 heteroatoms. The van der Waals surface area contributed by atoms with E-state index in [9.17, 15) is 13.5 Å². The van der Waals surface area contributed by atoms with Crippen LogP contribution in [0.15, 0.2) is 47.1 Å². The zero-order valence-corrected chi connectivity index (χ0v) is 13.9. The quantitative estimate of drug-likeness (QED) is 0.901. The van der Waals surface area contributed by atoms with Crippen molar-refractivity contribution in [1.29, 1.82) is 0 Å². The number of nitrogens with zero attached hydrogens (tertiary/aromatic N) is 1. The average molecular weight is 335 g/mol. The average Bonchev–Trinajstić information content (AvgIpc) is 3.07. The van der Waals surface area contributed by atoms with E-state index >= 15 is 0 Å². The number of hydrogen-bond acceptors (Lipinski definition) is 5. The molecule has 0 amide bonds. The fourth-order valence-electron chi connectivity index (χ4n) is 3.06. The third kappa shape index (κ3) is 3.83. The zero-order chi connectivity index (χ0) is 16.4. The highest BCUT2D eigenvalue weighted by atomic mass is 32.2. The summed E-state index contributed by atoms with van der Waals surface area (Å²) in [6.45, 7) is 3.07. The number of furan rings is 1. The second-order valence-corrected chi connectivity index (χ2v) is 8.28. The van der Waals surface area contributed by atoms with E-state index in [1.54, 1.807) is 6.26 Å². The monoisotopic (exact) mass is 335 g/mol. The van der Waals surface area contributed by atoms with Gasteiger partial charge in [-0.3, -0.25) is 4.90 Å². The molecule has 0 aliphatic carbocycles. The van der Waals surface area contributed by atoms with Crippen LogP contribution in [0.5, 0.6) is 0 Å². The fraction of sp³-hybridized carbons (Fsp3) is 0.412. The summed E-state index contributed by atoms with van der Waals surface area (Å²) in [5.41, 5.74) is 2.27. The summed E-state index contributed by atoms with van der Waals surface area (Å²) in [7, 11) is -3.19. The van der Waals surface area contributed by atoms with Gasteiger partial charge in [0.15, 0.2) is 9.84 Å². The van der Waals surface area contributed by atoms with Crippen LogP contribution in [0.3, 0.4) is 0 Å². The summed E-state index contributed by atoms with van der Waals surface area (Å²) in [4.78, 5) is 2.00. The minimum Gasteiger partial charge on any atom is -0.468 e. The normalized spacial score (nSPS) is 23.4. The van der Waals surface area contributed by atoms with Gasteiger partial charge in [-0.05, 0) is 30.2 Å². The standard InChI is InChI=1S/C17H21NO4S/c1-13-5-2-3-6-14(13)9-18(10-15-7-4-8-22-15)16-11-23(20,21)12-17(16)19/h2-8,16-17,19H,9-12H2,1H3. The van der Waals surface area contributed by atoms with Crippen molar-refractivity contribution in [3.63, 3.8) is 0 Å². The molecule has 0 bridgehead atoms. The third-order valence-corrected chi connectivity index (χ3v) is 6.04. The van der Waals surface area contributed by atoms with Crippen molar-refractivity contribution in [2.75, 3.05) is 11.5 Å². The Balaban J connectivity index is 1.86. The molecule has 5 nitrogen and oxygen atoms in total. The highest BCUT2D eigenvalue weighted by Crippen LogP contribution is 2.24. The predicted octanol–water partition coefficient (Wildman–Crippen LogP) is 1.75. The van der Waals surface area contributed by atoms with Gasteiger partial charge >= 0.3 is 0 Å². The van der Waals surface area contributed by atoms with Crippen molar-refractivity contribution in [3.05, 3.63) is 59.5 Å². The number of rotatable bonds is 5. The van der Waals surface area contributed by atoms with Gasteiger partial charge in [-0.1, -0.05) is 24.3 Å². The lowest BCUT2D eigenvalue weighted by Gasteiger charge is -2.30. The number of hydrogen-bond donors (Lipinski definition) is 1. The lowest BCUT2D eigenvalue weighted by atomic mass is 10.1. The Hall–Kier alpha value is -1.63. The molecule has 124 valence electrons. The topological polar surface area (TPSA) is 70.8 Å². The van der Waals surface area contributed by atoms with Crippen molar-refractivity contribution >= 4 is 9.84 Å². The largest absolute Gasteiger partial charge is 0.468 e. The number of aryl methyl sites for hydroxylation is 1. The Morgan fingerprint density at radius 1 is 1.17 bits per heavy atom. The lowest BCUT2D eigenvalue weighted by Crippen LogP contribution is -2.42. The van der Waals surface area contributed by atoms with Crippen molar-refractivity contribution in [2.24, 2.45) is 0 Å². The van der Waals surface area contributed by atoms with E-state index in [1.807, 2.05) is 48.2 Å². The van der Waals surface area contributed by atoms with Crippen molar-refractivity contribution < 1.29 is 17.9 Å². The maximum atomic E-state index is 11.9. The molecule has 0 spiro atoms. The van der Waals surface area contributed by atoms with E-state index in [4.69, 9.17) is 4.42 Å². The Labute approximate surface area is 136 Å². The smallest absolute Gasteiger partial charge is 0.154 e. The molecule has 1 aromatic heterocycles. The molecule has 1 aliphatic heterocycles. The van der Waals surface area contributed by atoms with Crippen molar-refractivity contribution in [3.8, 4) is 0 Å². The van der Waals surface area contributed by atoms with Gasteiger partial charge in [0.25, 0.3) is 0 Å². The van der Waals surface area contributed by atoms with E-state index in [1.165, 1.54) is 0 Å². The Bertz CT molecular complexity index is 755. The second kappa shape index (κ2) is 6.47. The molecule has 3 rings (SSSR count). The van der Waals surface area contributed by atoms with Gasteiger partial charge in [-0.15, -0.1) is 0 Å². The SMILES string of the molecule is Cc1ccccc1CN(Cc1ccco1)C1CS(=O)(=O)CC1O. The third-order valence-electron chi connectivity index (χ3n) is 4.34. The molecule has 1 saturated heterocycles. The maximum absolute atomic E-state index is 11.9. The van der Waals surface area contributed by atoms with E-state index in [-0.39, 0.29) is 11.5 Å². The second-order valence-electron chi connectivity index (χ2n) is 6.12. The van der Waals surface area contributed by atoms with Gasteiger partial charge in [-0.25, -0.2) is 8.42 Å². The van der Waals surface area contributed by atoms with E-state index in [0.717, 1.165) is 16.9 Å². The predicted molar refractivity (Wildman–Crippen MR) is 87.6 cm³/mol. The minimum absolute atomic E-state index is 0.0131. The number of benzene rings is 1. The summed E-state index contributed by atoms with van der Waals surface area (Å²) in [5, 5.41) is 10.2. The highest BCUT2D eigenvalue weighted by molar-refractivity contribution is 7.91. The lowest BCUT2D eigenvalue weighted by molar-refractivity contribution is 0.0684. The summed E-state index contributed by atoms with van der Waals surface area (Å²) >= 11 is 0. The van der Waals surface area contributed by atoms with Crippen LogP contribution in [0.2, 0.25) is 0 Å². The van der Waals surface area contributed by atoms with Gasteiger partial charge in [-0.2, -0.15) is 0 Å². The molecule has 23 heavy (non-hydrogen) atoms. The molecule has 1 aromatic carbocycles. The Morgan fingerprint density at radius 3 is 2.57 bits per heavy atom. The molecular weight excluding hydrogens is 314 g/mol. The first-order chi connectivity index (χ1) is 10.9. The summed E-state index contributed by atoms with van der Waals surface area (Å²) in [6.07, 6.45) is 0.738. The molecule has 0 radical (unpaired) electrons. The minimum atomic E-state index is -3.19. The van der Waals surface area contributed by atoms with Crippen molar-refractivity contribution in [1.82, 2.24) is 4.90 Å².